The fourth-order valence-corrected chi connectivity index (χ4v) is 3.36. The molecule has 3 unspecified atom stereocenters. The largest absolute Gasteiger partial charge is 0.371 e. The van der Waals surface area contributed by atoms with Gasteiger partial charge in [-0.1, -0.05) is 19.8 Å². The Morgan fingerprint density at radius 1 is 1.40 bits per heavy atom. The van der Waals surface area contributed by atoms with Crippen molar-refractivity contribution in [2.45, 2.75) is 58.0 Å². The Morgan fingerprint density at radius 3 is 2.80 bits per heavy atom. The van der Waals surface area contributed by atoms with Crippen LogP contribution in [0.25, 0.3) is 0 Å². The summed E-state index contributed by atoms with van der Waals surface area (Å²) in [5.74, 6) is 0.614. The summed E-state index contributed by atoms with van der Waals surface area (Å²) in [4.78, 5) is 2.34. The van der Waals surface area contributed by atoms with Crippen LogP contribution in [0.3, 0.4) is 0 Å². The quantitative estimate of drug-likeness (QED) is 0.909. The summed E-state index contributed by atoms with van der Waals surface area (Å²) in [6, 6.07) is 5.72. The summed E-state index contributed by atoms with van der Waals surface area (Å²) in [6.07, 6.45) is 5.81. The molecule has 3 atom stereocenters. The number of halogens is 1. The van der Waals surface area contributed by atoms with Gasteiger partial charge in [0.05, 0.1) is 0 Å². The molecular weight excluding hydrogens is 251 g/mol. The molecule has 2 rings (SSSR count). The van der Waals surface area contributed by atoms with E-state index in [4.69, 9.17) is 5.73 Å². The van der Waals surface area contributed by atoms with Gasteiger partial charge in [0.25, 0.3) is 0 Å². The van der Waals surface area contributed by atoms with E-state index in [2.05, 4.69) is 18.9 Å². The smallest absolute Gasteiger partial charge is 0.123 e. The summed E-state index contributed by atoms with van der Waals surface area (Å²) in [6.45, 7) is 4.30. The Kier molecular flexibility index (Phi) is 5.03. The molecule has 1 aliphatic carbocycles. The maximum atomic E-state index is 13.5. The van der Waals surface area contributed by atoms with Gasteiger partial charge < -0.3 is 10.6 Å². The Bertz CT molecular complexity index is 445. The standard InChI is InChI=1S/C17H27FN2/c1-12-5-4-6-16(9-12)20(3)17-8-7-15(18)11-14(17)10-13(2)19/h7-8,11-13,16H,4-6,9-10,19H2,1-3H3. The first-order chi connectivity index (χ1) is 9.47. The van der Waals surface area contributed by atoms with Crippen molar-refractivity contribution in [3.63, 3.8) is 0 Å². The van der Waals surface area contributed by atoms with E-state index in [9.17, 15) is 4.39 Å². The lowest BCUT2D eigenvalue weighted by molar-refractivity contribution is 0.336. The minimum atomic E-state index is -0.171. The second-order valence-corrected chi connectivity index (χ2v) is 6.49. The van der Waals surface area contributed by atoms with Gasteiger partial charge in [0.2, 0.25) is 0 Å². The van der Waals surface area contributed by atoms with E-state index in [1.807, 2.05) is 13.0 Å². The van der Waals surface area contributed by atoms with Gasteiger partial charge in [0.15, 0.2) is 0 Å². The third-order valence-corrected chi connectivity index (χ3v) is 4.42. The molecule has 2 nitrogen and oxygen atoms in total. The summed E-state index contributed by atoms with van der Waals surface area (Å²) in [5.41, 5.74) is 8.07. The van der Waals surface area contributed by atoms with Gasteiger partial charge in [-0.2, -0.15) is 0 Å². The van der Waals surface area contributed by atoms with Gasteiger partial charge in [-0.15, -0.1) is 0 Å². The monoisotopic (exact) mass is 278 g/mol. The maximum absolute atomic E-state index is 13.5. The molecule has 1 aliphatic rings. The first kappa shape index (κ1) is 15.3. The molecule has 0 aliphatic heterocycles. The van der Waals surface area contributed by atoms with Gasteiger partial charge in [0, 0.05) is 24.8 Å². The van der Waals surface area contributed by atoms with Crippen molar-refractivity contribution in [2.24, 2.45) is 11.7 Å². The lowest BCUT2D eigenvalue weighted by atomic mass is 9.86. The van der Waals surface area contributed by atoms with E-state index in [1.54, 1.807) is 12.1 Å². The molecule has 3 heteroatoms. The average Bonchev–Trinajstić information content (AvgIpc) is 2.37. The van der Waals surface area contributed by atoms with E-state index in [-0.39, 0.29) is 11.9 Å². The Balaban J connectivity index is 2.21. The van der Waals surface area contributed by atoms with Crippen LogP contribution >= 0.6 is 0 Å². The van der Waals surface area contributed by atoms with Crippen molar-refractivity contribution in [1.82, 2.24) is 0 Å². The summed E-state index contributed by atoms with van der Waals surface area (Å²) >= 11 is 0. The lowest BCUT2D eigenvalue weighted by Gasteiger charge is -2.36. The molecule has 1 saturated carbocycles. The minimum Gasteiger partial charge on any atom is -0.371 e. The van der Waals surface area contributed by atoms with Crippen LogP contribution in [-0.2, 0) is 6.42 Å². The highest BCUT2D eigenvalue weighted by molar-refractivity contribution is 5.54. The third kappa shape index (κ3) is 3.72. The lowest BCUT2D eigenvalue weighted by Crippen LogP contribution is -2.36. The van der Waals surface area contributed by atoms with E-state index in [0.717, 1.165) is 23.6 Å². The zero-order valence-corrected chi connectivity index (χ0v) is 12.9. The van der Waals surface area contributed by atoms with Crippen molar-refractivity contribution in [3.05, 3.63) is 29.6 Å². The summed E-state index contributed by atoms with van der Waals surface area (Å²) in [5, 5.41) is 0. The van der Waals surface area contributed by atoms with Crippen LogP contribution in [-0.4, -0.2) is 19.1 Å². The van der Waals surface area contributed by atoms with Gasteiger partial charge in [0.1, 0.15) is 5.82 Å². The van der Waals surface area contributed by atoms with Crippen molar-refractivity contribution >= 4 is 5.69 Å². The molecule has 1 aromatic carbocycles. The van der Waals surface area contributed by atoms with Gasteiger partial charge in [-0.05, 0) is 55.9 Å². The zero-order valence-electron chi connectivity index (χ0n) is 12.9. The molecule has 0 radical (unpaired) electrons. The molecule has 0 amide bonds. The van der Waals surface area contributed by atoms with Crippen LogP contribution in [0.15, 0.2) is 18.2 Å². The van der Waals surface area contributed by atoms with Gasteiger partial charge in [-0.25, -0.2) is 4.39 Å². The third-order valence-electron chi connectivity index (χ3n) is 4.42. The number of anilines is 1. The van der Waals surface area contributed by atoms with Gasteiger partial charge in [-0.3, -0.25) is 0 Å². The topological polar surface area (TPSA) is 29.3 Å². The zero-order chi connectivity index (χ0) is 14.7. The van der Waals surface area contributed by atoms with Crippen molar-refractivity contribution in [3.8, 4) is 0 Å². The molecule has 20 heavy (non-hydrogen) atoms. The van der Waals surface area contributed by atoms with Crippen LogP contribution in [0.2, 0.25) is 0 Å². The number of hydrogen-bond donors (Lipinski definition) is 1. The highest BCUT2D eigenvalue weighted by Gasteiger charge is 2.24. The first-order valence-corrected chi connectivity index (χ1v) is 7.74. The summed E-state index contributed by atoms with van der Waals surface area (Å²) < 4.78 is 13.5. The predicted molar refractivity (Wildman–Crippen MR) is 83.6 cm³/mol. The molecule has 0 aromatic heterocycles. The molecule has 1 aromatic rings. The SMILES string of the molecule is CC(N)Cc1cc(F)ccc1N(C)C1CCCC(C)C1. The molecule has 112 valence electrons. The first-order valence-electron chi connectivity index (χ1n) is 7.74. The van der Waals surface area contributed by atoms with E-state index < -0.39 is 0 Å². The van der Waals surface area contributed by atoms with Crippen LogP contribution in [0.5, 0.6) is 0 Å². The van der Waals surface area contributed by atoms with Crippen LogP contribution < -0.4 is 10.6 Å². The fourth-order valence-electron chi connectivity index (χ4n) is 3.36. The number of hydrogen-bond acceptors (Lipinski definition) is 2. The van der Waals surface area contributed by atoms with E-state index >= 15 is 0 Å². The number of nitrogens with two attached hydrogens (primary N) is 1. The molecule has 0 spiro atoms. The normalized spacial score (nSPS) is 24.4. The van der Waals surface area contributed by atoms with E-state index in [1.165, 1.54) is 25.7 Å². The fraction of sp³-hybridized carbons (Fsp3) is 0.647. The maximum Gasteiger partial charge on any atom is 0.123 e. The molecule has 0 bridgehead atoms. The number of benzene rings is 1. The molecule has 1 fully saturated rings. The van der Waals surface area contributed by atoms with Crippen LogP contribution in [0, 0.1) is 11.7 Å². The Hall–Kier alpha value is -1.09. The minimum absolute atomic E-state index is 0.0502. The average molecular weight is 278 g/mol. The highest BCUT2D eigenvalue weighted by atomic mass is 19.1. The molecule has 2 N–H and O–H groups in total. The highest BCUT2D eigenvalue weighted by Crippen LogP contribution is 2.31. The van der Waals surface area contributed by atoms with Crippen molar-refractivity contribution in [1.29, 1.82) is 0 Å². The summed E-state index contributed by atoms with van der Waals surface area (Å²) in [7, 11) is 2.14. The van der Waals surface area contributed by atoms with E-state index in [0.29, 0.717) is 6.04 Å². The number of rotatable bonds is 4. The van der Waals surface area contributed by atoms with Crippen LogP contribution in [0.4, 0.5) is 10.1 Å². The second kappa shape index (κ2) is 6.57. The van der Waals surface area contributed by atoms with Crippen molar-refractivity contribution in [2.75, 3.05) is 11.9 Å². The van der Waals surface area contributed by atoms with Crippen LogP contribution in [0.1, 0.15) is 45.1 Å². The molecule has 0 saturated heterocycles. The number of nitrogens with zero attached hydrogens (tertiary/aromatic N) is 1. The Morgan fingerprint density at radius 2 is 2.15 bits per heavy atom. The van der Waals surface area contributed by atoms with Gasteiger partial charge >= 0.3 is 0 Å². The second-order valence-electron chi connectivity index (χ2n) is 6.49. The Labute approximate surface area is 122 Å². The molecular formula is C17H27FN2. The van der Waals surface area contributed by atoms with Crippen molar-refractivity contribution < 1.29 is 4.39 Å². The predicted octanol–water partition coefficient (Wildman–Crippen LogP) is 3.73. The molecule has 0 heterocycles.